The van der Waals surface area contributed by atoms with E-state index in [1.165, 1.54) is 12.0 Å². The van der Waals surface area contributed by atoms with Crippen LogP contribution >= 0.6 is 0 Å². The highest BCUT2D eigenvalue weighted by Gasteiger charge is 2.43. The van der Waals surface area contributed by atoms with E-state index < -0.39 is 24.1 Å². The number of amides is 2. The van der Waals surface area contributed by atoms with Crippen molar-refractivity contribution >= 4 is 18.0 Å². The first-order chi connectivity index (χ1) is 9.54. The fourth-order valence-electron chi connectivity index (χ4n) is 2.78. The van der Waals surface area contributed by atoms with Crippen LogP contribution in [-0.2, 0) is 14.3 Å². The highest BCUT2D eigenvalue weighted by molar-refractivity contribution is 5.90. The van der Waals surface area contributed by atoms with Crippen LogP contribution < -0.4 is 5.32 Å². The number of methoxy groups -OCH3 is 1. The Bertz CT molecular complexity index is 448. The molecule has 7 nitrogen and oxygen atoms in total. The van der Waals surface area contributed by atoms with Gasteiger partial charge in [-0.05, 0) is 25.7 Å². The van der Waals surface area contributed by atoms with Gasteiger partial charge >= 0.3 is 12.1 Å². The van der Waals surface area contributed by atoms with Crippen molar-refractivity contribution in [1.29, 1.82) is 0 Å². The maximum absolute atomic E-state index is 12.5. The van der Waals surface area contributed by atoms with Gasteiger partial charge in [-0.25, -0.2) is 9.59 Å². The van der Waals surface area contributed by atoms with E-state index in [4.69, 9.17) is 0 Å². The second-order valence-corrected chi connectivity index (χ2v) is 4.96. The van der Waals surface area contributed by atoms with Crippen LogP contribution in [0, 0.1) is 0 Å². The van der Waals surface area contributed by atoms with Crippen LogP contribution in [0.3, 0.4) is 0 Å². The maximum Gasteiger partial charge on any atom is 0.407 e. The van der Waals surface area contributed by atoms with Gasteiger partial charge < -0.3 is 20.1 Å². The number of alkyl carbamates (subject to hydrolysis) is 1. The maximum atomic E-state index is 12.5. The summed E-state index contributed by atoms with van der Waals surface area (Å²) >= 11 is 0. The standard InChI is InChI=1S/C13H18N2O5/c1-20-13(19)14-9-5-3-2-4-8-6-7-10(12(17)18)15(8)11(9)16/h2-3,8-10H,4-7H2,1H3,(H,14,19)(H,17,18)/t8-,9+,10+/m1/s1. The van der Waals surface area contributed by atoms with E-state index in [1.807, 2.05) is 12.2 Å². The zero-order chi connectivity index (χ0) is 14.7. The number of nitrogens with zero attached hydrogens (tertiary/aromatic N) is 1. The number of hydrogen-bond acceptors (Lipinski definition) is 4. The normalized spacial score (nSPS) is 29.4. The van der Waals surface area contributed by atoms with Crippen LogP contribution in [0.15, 0.2) is 12.2 Å². The van der Waals surface area contributed by atoms with Crippen molar-refractivity contribution in [3.63, 3.8) is 0 Å². The number of fused-ring (bicyclic) bond motifs is 1. The van der Waals surface area contributed by atoms with E-state index in [9.17, 15) is 19.5 Å². The Balaban J connectivity index is 2.22. The lowest BCUT2D eigenvalue weighted by atomic mass is 10.0. The Morgan fingerprint density at radius 3 is 2.70 bits per heavy atom. The summed E-state index contributed by atoms with van der Waals surface area (Å²) in [5.41, 5.74) is 0. The predicted molar refractivity (Wildman–Crippen MR) is 69.0 cm³/mol. The lowest BCUT2D eigenvalue weighted by Crippen LogP contribution is -2.54. The van der Waals surface area contributed by atoms with Crippen molar-refractivity contribution in [1.82, 2.24) is 10.2 Å². The molecule has 0 spiro atoms. The summed E-state index contributed by atoms with van der Waals surface area (Å²) in [4.78, 5) is 36.5. The van der Waals surface area contributed by atoms with Gasteiger partial charge in [-0.1, -0.05) is 12.2 Å². The molecule has 0 aromatic heterocycles. The summed E-state index contributed by atoms with van der Waals surface area (Å²) in [5.74, 6) is -1.35. The smallest absolute Gasteiger partial charge is 0.407 e. The predicted octanol–water partition coefficient (Wildman–Crippen LogP) is 0.505. The SMILES string of the molecule is COC(=O)N[C@H]1CC=CC[C@@H]2CC[C@@H](C(=O)O)N2C1=O. The fraction of sp³-hybridized carbons (Fsp3) is 0.615. The average molecular weight is 282 g/mol. The van der Waals surface area contributed by atoms with E-state index in [2.05, 4.69) is 10.1 Å². The van der Waals surface area contributed by atoms with Crippen LogP contribution in [0.25, 0.3) is 0 Å². The highest BCUT2D eigenvalue weighted by Crippen LogP contribution is 2.29. The number of nitrogens with one attached hydrogen (secondary N) is 1. The molecule has 0 unspecified atom stereocenters. The van der Waals surface area contributed by atoms with Crippen molar-refractivity contribution in [2.24, 2.45) is 0 Å². The summed E-state index contributed by atoms with van der Waals surface area (Å²) in [6, 6.07) is -1.69. The average Bonchev–Trinajstić information content (AvgIpc) is 2.83. The molecule has 20 heavy (non-hydrogen) atoms. The topological polar surface area (TPSA) is 95.9 Å². The monoisotopic (exact) mass is 282 g/mol. The van der Waals surface area contributed by atoms with Gasteiger partial charge in [-0.3, -0.25) is 4.79 Å². The number of carbonyl (C=O) groups excluding carboxylic acids is 2. The highest BCUT2D eigenvalue weighted by atomic mass is 16.5. The molecule has 2 amide bonds. The van der Waals surface area contributed by atoms with Gasteiger partial charge in [0, 0.05) is 6.04 Å². The first kappa shape index (κ1) is 14.4. The minimum absolute atomic E-state index is 0.109. The molecule has 0 aliphatic carbocycles. The number of carboxylic acids is 1. The molecular formula is C13H18N2O5. The van der Waals surface area contributed by atoms with Crippen molar-refractivity contribution in [3.05, 3.63) is 12.2 Å². The molecule has 0 aromatic carbocycles. The van der Waals surface area contributed by atoms with Gasteiger partial charge in [0.15, 0.2) is 0 Å². The van der Waals surface area contributed by atoms with E-state index in [0.717, 1.165) is 0 Å². The minimum Gasteiger partial charge on any atom is -0.480 e. The van der Waals surface area contributed by atoms with E-state index in [0.29, 0.717) is 25.7 Å². The largest absolute Gasteiger partial charge is 0.480 e. The van der Waals surface area contributed by atoms with Crippen LogP contribution in [-0.4, -0.2) is 53.2 Å². The Hall–Kier alpha value is -2.05. The number of ether oxygens (including phenoxy) is 1. The third-order valence-electron chi connectivity index (χ3n) is 3.76. The van der Waals surface area contributed by atoms with Gasteiger partial charge in [0.2, 0.25) is 5.91 Å². The Labute approximate surface area is 116 Å². The second kappa shape index (κ2) is 5.94. The number of carbonyl (C=O) groups is 3. The Kier molecular flexibility index (Phi) is 4.26. The van der Waals surface area contributed by atoms with Crippen molar-refractivity contribution in [2.75, 3.05) is 7.11 Å². The van der Waals surface area contributed by atoms with Gasteiger partial charge in [-0.15, -0.1) is 0 Å². The molecule has 0 aromatic rings. The van der Waals surface area contributed by atoms with E-state index >= 15 is 0 Å². The molecule has 2 rings (SSSR count). The molecule has 0 bridgehead atoms. The molecule has 0 saturated carbocycles. The quantitative estimate of drug-likeness (QED) is 0.719. The minimum atomic E-state index is -0.998. The van der Waals surface area contributed by atoms with Crippen LogP contribution in [0.4, 0.5) is 4.79 Å². The summed E-state index contributed by atoms with van der Waals surface area (Å²) < 4.78 is 4.50. The zero-order valence-corrected chi connectivity index (χ0v) is 11.2. The number of hydrogen-bond donors (Lipinski definition) is 2. The Morgan fingerprint density at radius 2 is 2.05 bits per heavy atom. The molecule has 3 atom stereocenters. The molecule has 2 heterocycles. The van der Waals surface area contributed by atoms with Gasteiger partial charge in [-0.2, -0.15) is 0 Å². The van der Waals surface area contributed by atoms with Crippen molar-refractivity contribution < 1.29 is 24.2 Å². The van der Waals surface area contributed by atoms with Gasteiger partial charge in [0.05, 0.1) is 7.11 Å². The molecule has 2 aliphatic rings. The van der Waals surface area contributed by atoms with E-state index in [1.54, 1.807) is 0 Å². The number of rotatable bonds is 2. The van der Waals surface area contributed by atoms with Crippen molar-refractivity contribution in [2.45, 2.75) is 43.8 Å². The summed E-state index contributed by atoms with van der Waals surface area (Å²) in [6.07, 6.45) is 5.18. The third kappa shape index (κ3) is 2.76. The molecule has 2 aliphatic heterocycles. The fourth-order valence-corrected chi connectivity index (χ4v) is 2.78. The molecule has 1 saturated heterocycles. The number of carboxylic acid groups (broad SMARTS) is 1. The van der Waals surface area contributed by atoms with Gasteiger partial charge in [0.1, 0.15) is 12.1 Å². The van der Waals surface area contributed by atoms with Crippen LogP contribution in [0.2, 0.25) is 0 Å². The first-order valence-electron chi connectivity index (χ1n) is 6.59. The van der Waals surface area contributed by atoms with Gasteiger partial charge in [0.25, 0.3) is 0 Å². The Morgan fingerprint density at radius 1 is 1.35 bits per heavy atom. The molecular weight excluding hydrogens is 264 g/mol. The zero-order valence-electron chi connectivity index (χ0n) is 11.2. The first-order valence-corrected chi connectivity index (χ1v) is 6.59. The molecule has 110 valence electrons. The molecule has 2 N–H and O–H groups in total. The van der Waals surface area contributed by atoms with Crippen LogP contribution in [0.5, 0.6) is 0 Å². The summed E-state index contributed by atoms with van der Waals surface area (Å²) in [7, 11) is 1.22. The number of aliphatic carboxylic acids is 1. The lowest BCUT2D eigenvalue weighted by Gasteiger charge is -2.32. The summed E-state index contributed by atoms with van der Waals surface area (Å²) in [6.45, 7) is 0. The van der Waals surface area contributed by atoms with Crippen molar-refractivity contribution in [3.8, 4) is 0 Å². The molecule has 7 heteroatoms. The van der Waals surface area contributed by atoms with E-state index in [-0.39, 0.29) is 11.9 Å². The third-order valence-corrected chi connectivity index (χ3v) is 3.76. The second-order valence-electron chi connectivity index (χ2n) is 4.96. The van der Waals surface area contributed by atoms with Crippen LogP contribution in [0.1, 0.15) is 25.7 Å². The molecule has 1 fully saturated rings. The lowest BCUT2D eigenvalue weighted by molar-refractivity contribution is -0.150. The molecule has 0 radical (unpaired) electrons. The summed E-state index contributed by atoms with van der Waals surface area (Å²) in [5, 5.41) is 11.7.